The van der Waals surface area contributed by atoms with Crippen molar-refractivity contribution < 1.29 is 18.3 Å². The lowest BCUT2D eigenvalue weighted by molar-refractivity contribution is -0.137. The summed E-state index contributed by atoms with van der Waals surface area (Å²) in [5.74, 6) is 0. The van der Waals surface area contributed by atoms with Crippen molar-refractivity contribution in [1.29, 1.82) is 0 Å². The minimum atomic E-state index is -4.46. The topological polar surface area (TPSA) is 55.1 Å². The standard InChI is InChI=1S/C13H13F3N2O2/c1-8(19)4-5-18-7-17-11-6-9(13(14,15)16)2-3-10(11)12(18)20/h2-3,6-8,19H,4-5H2,1H3/t8-/m1/s1. The molecular formula is C13H13F3N2O2. The van der Waals surface area contributed by atoms with E-state index in [1.807, 2.05) is 0 Å². The Hall–Kier alpha value is -1.89. The normalized spacial score (nSPS) is 13.7. The van der Waals surface area contributed by atoms with Crippen molar-refractivity contribution in [2.75, 3.05) is 0 Å². The zero-order valence-corrected chi connectivity index (χ0v) is 10.7. The summed E-state index contributed by atoms with van der Waals surface area (Å²) in [4.78, 5) is 15.9. The molecule has 108 valence electrons. The van der Waals surface area contributed by atoms with Crippen molar-refractivity contribution in [1.82, 2.24) is 9.55 Å². The van der Waals surface area contributed by atoms with Gasteiger partial charge in [0.15, 0.2) is 0 Å². The highest BCUT2D eigenvalue weighted by Gasteiger charge is 2.30. The van der Waals surface area contributed by atoms with Crippen LogP contribution in [0.3, 0.4) is 0 Å². The Kier molecular flexibility index (Phi) is 3.80. The predicted octanol–water partition coefficient (Wildman–Crippen LogP) is 2.19. The molecule has 1 N–H and O–H groups in total. The summed E-state index contributed by atoms with van der Waals surface area (Å²) in [5, 5.41) is 9.31. The molecular weight excluding hydrogens is 273 g/mol. The third kappa shape index (κ3) is 2.98. The minimum Gasteiger partial charge on any atom is -0.393 e. The summed E-state index contributed by atoms with van der Waals surface area (Å²) < 4.78 is 39.0. The van der Waals surface area contributed by atoms with Gasteiger partial charge in [-0.25, -0.2) is 4.98 Å². The molecule has 7 heteroatoms. The highest BCUT2D eigenvalue weighted by molar-refractivity contribution is 5.78. The van der Waals surface area contributed by atoms with E-state index in [4.69, 9.17) is 0 Å². The Balaban J connectivity index is 2.45. The van der Waals surface area contributed by atoms with E-state index in [1.165, 1.54) is 10.9 Å². The van der Waals surface area contributed by atoms with Gasteiger partial charge in [-0.3, -0.25) is 9.36 Å². The number of aryl methyl sites for hydroxylation is 1. The number of aromatic nitrogens is 2. The molecule has 2 rings (SSSR count). The van der Waals surface area contributed by atoms with E-state index < -0.39 is 23.4 Å². The highest BCUT2D eigenvalue weighted by Crippen LogP contribution is 2.30. The van der Waals surface area contributed by atoms with Crippen LogP contribution in [0.25, 0.3) is 10.9 Å². The molecule has 4 nitrogen and oxygen atoms in total. The first kappa shape index (κ1) is 14.5. The SMILES string of the molecule is C[C@@H](O)CCn1cnc2cc(C(F)(F)F)ccc2c1=O. The molecule has 1 atom stereocenters. The van der Waals surface area contributed by atoms with Gasteiger partial charge in [0, 0.05) is 6.54 Å². The highest BCUT2D eigenvalue weighted by atomic mass is 19.4. The number of alkyl halides is 3. The number of aliphatic hydroxyl groups excluding tert-OH is 1. The van der Waals surface area contributed by atoms with Crippen LogP contribution in [-0.2, 0) is 12.7 Å². The van der Waals surface area contributed by atoms with Crippen LogP contribution in [0.2, 0.25) is 0 Å². The lowest BCUT2D eigenvalue weighted by Crippen LogP contribution is -2.22. The molecule has 0 aliphatic carbocycles. The Morgan fingerprint density at radius 2 is 2.10 bits per heavy atom. The molecule has 0 aliphatic heterocycles. The van der Waals surface area contributed by atoms with E-state index in [0.717, 1.165) is 18.2 Å². The third-order valence-corrected chi connectivity index (χ3v) is 2.94. The molecule has 0 bridgehead atoms. The van der Waals surface area contributed by atoms with E-state index in [9.17, 15) is 23.1 Å². The summed E-state index contributed by atoms with van der Waals surface area (Å²) in [6.07, 6.45) is -3.46. The molecule has 0 amide bonds. The van der Waals surface area contributed by atoms with Gasteiger partial charge in [0.05, 0.1) is 28.9 Å². The quantitative estimate of drug-likeness (QED) is 0.941. The van der Waals surface area contributed by atoms with Gasteiger partial charge >= 0.3 is 6.18 Å². The molecule has 0 fully saturated rings. The van der Waals surface area contributed by atoms with Crippen molar-refractivity contribution in [2.45, 2.75) is 32.2 Å². The smallest absolute Gasteiger partial charge is 0.393 e. The maximum atomic E-state index is 12.6. The third-order valence-electron chi connectivity index (χ3n) is 2.94. The van der Waals surface area contributed by atoms with E-state index in [1.54, 1.807) is 6.92 Å². The van der Waals surface area contributed by atoms with Gasteiger partial charge in [0.25, 0.3) is 5.56 Å². The molecule has 0 saturated heterocycles. The number of hydrogen-bond acceptors (Lipinski definition) is 3. The van der Waals surface area contributed by atoms with Crippen LogP contribution in [-0.4, -0.2) is 20.8 Å². The molecule has 0 unspecified atom stereocenters. The number of halogens is 3. The Morgan fingerprint density at radius 3 is 2.70 bits per heavy atom. The number of benzene rings is 1. The molecule has 0 radical (unpaired) electrons. The van der Waals surface area contributed by atoms with Crippen LogP contribution in [0.15, 0.2) is 29.3 Å². The van der Waals surface area contributed by atoms with Gasteiger partial charge in [0.1, 0.15) is 0 Å². The molecule has 20 heavy (non-hydrogen) atoms. The van der Waals surface area contributed by atoms with Gasteiger partial charge in [-0.1, -0.05) is 0 Å². The van der Waals surface area contributed by atoms with Gasteiger partial charge in [0.2, 0.25) is 0 Å². The fraction of sp³-hybridized carbons (Fsp3) is 0.385. The molecule has 0 aliphatic rings. The summed E-state index contributed by atoms with van der Waals surface area (Å²) in [6, 6.07) is 2.85. The van der Waals surface area contributed by atoms with Crippen LogP contribution in [0.1, 0.15) is 18.9 Å². The Labute approximate surface area is 112 Å². The number of hydrogen-bond donors (Lipinski definition) is 1. The predicted molar refractivity (Wildman–Crippen MR) is 67.3 cm³/mol. The first-order valence-corrected chi connectivity index (χ1v) is 6.03. The maximum absolute atomic E-state index is 12.6. The van der Waals surface area contributed by atoms with E-state index >= 15 is 0 Å². The first-order valence-electron chi connectivity index (χ1n) is 6.03. The number of fused-ring (bicyclic) bond motifs is 1. The zero-order valence-electron chi connectivity index (χ0n) is 10.7. The van der Waals surface area contributed by atoms with Crippen LogP contribution in [0.4, 0.5) is 13.2 Å². The van der Waals surface area contributed by atoms with E-state index in [0.29, 0.717) is 6.42 Å². The average molecular weight is 286 g/mol. The molecule has 2 aromatic rings. The van der Waals surface area contributed by atoms with E-state index in [2.05, 4.69) is 4.98 Å². The summed E-state index contributed by atoms with van der Waals surface area (Å²) in [5.41, 5.74) is -1.24. The lowest BCUT2D eigenvalue weighted by atomic mass is 10.1. The van der Waals surface area contributed by atoms with Crippen molar-refractivity contribution >= 4 is 10.9 Å². The van der Waals surface area contributed by atoms with Crippen molar-refractivity contribution in [3.05, 3.63) is 40.4 Å². The summed E-state index contributed by atoms with van der Waals surface area (Å²) >= 11 is 0. The largest absolute Gasteiger partial charge is 0.416 e. The van der Waals surface area contributed by atoms with Gasteiger partial charge in [-0.2, -0.15) is 13.2 Å². The number of nitrogens with zero attached hydrogens (tertiary/aromatic N) is 2. The molecule has 1 aromatic carbocycles. The van der Waals surface area contributed by atoms with Crippen LogP contribution < -0.4 is 5.56 Å². The van der Waals surface area contributed by atoms with Crippen LogP contribution in [0, 0.1) is 0 Å². The van der Waals surface area contributed by atoms with Crippen molar-refractivity contribution in [3.8, 4) is 0 Å². The minimum absolute atomic E-state index is 0.0121. The van der Waals surface area contributed by atoms with Crippen molar-refractivity contribution in [3.63, 3.8) is 0 Å². The zero-order chi connectivity index (χ0) is 14.9. The average Bonchev–Trinajstić information content (AvgIpc) is 2.36. The summed E-state index contributed by atoms with van der Waals surface area (Å²) in [6.45, 7) is 1.86. The molecule has 1 aromatic heterocycles. The molecule has 1 heterocycles. The van der Waals surface area contributed by atoms with Crippen LogP contribution in [0.5, 0.6) is 0 Å². The number of aliphatic hydroxyl groups is 1. The van der Waals surface area contributed by atoms with Gasteiger partial charge in [-0.05, 0) is 31.5 Å². The Bertz CT molecular complexity index is 677. The second-order valence-corrected chi connectivity index (χ2v) is 4.61. The maximum Gasteiger partial charge on any atom is 0.416 e. The Morgan fingerprint density at radius 1 is 1.40 bits per heavy atom. The van der Waals surface area contributed by atoms with Crippen LogP contribution >= 0.6 is 0 Å². The monoisotopic (exact) mass is 286 g/mol. The van der Waals surface area contributed by atoms with Crippen molar-refractivity contribution in [2.24, 2.45) is 0 Å². The second kappa shape index (κ2) is 5.24. The van der Waals surface area contributed by atoms with Gasteiger partial charge in [-0.15, -0.1) is 0 Å². The summed E-state index contributed by atoms with van der Waals surface area (Å²) in [7, 11) is 0. The van der Waals surface area contributed by atoms with E-state index in [-0.39, 0.29) is 17.4 Å². The fourth-order valence-electron chi connectivity index (χ4n) is 1.82. The molecule has 0 saturated carbocycles. The lowest BCUT2D eigenvalue weighted by Gasteiger charge is -2.10. The second-order valence-electron chi connectivity index (χ2n) is 4.61. The number of rotatable bonds is 3. The molecule has 0 spiro atoms. The first-order chi connectivity index (χ1) is 9.29. The fourth-order valence-corrected chi connectivity index (χ4v) is 1.82. The van der Waals surface area contributed by atoms with Gasteiger partial charge < -0.3 is 5.11 Å².